The van der Waals surface area contributed by atoms with Crippen molar-refractivity contribution in [2.45, 2.75) is 175 Å². The minimum atomic E-state index is -0.596. The molecule has 0 saturated heterocycles. The van der Waals surface area contributed by atoms with E-state index < -0.39 is 4.48 Å². The number of nitrogens with zero attached hydrogens (tertiary/aromatic N) is 1. The van der Waals surface area contributed by atoms with Crippen LogP contribution >= 0.6 is 0 Å². The van der Waals surface area contributed by atoms with Crippen molar-refractivity contribution >= 4 is 17.7 Å². The average Bonchev–Trinajstić information content (AvgIpc) is 2.86. The molecule has 0 aromatic heterocycles. The van der Waals surface area contributed by atoms with E-state index in [1.54, 1.807) is 7.05 Å². The van der Waals surface area contributed by atoms with Crippen molar-refractivity contribution in [1.82, 2.24) is 0 Å². The minimum Gasteiger partial charge on any atom is -1.00 e. The maximum atomic E-state index is 13.2. The Bertz CT molecular complexity index is 482. The first-order valence-corrected chi connectivity index (χ1v) is 15.4. The normalized spacial score (nSPS) is 11.0. The Morgan fingerprint density at radius 3 is 0.811 bits per heavy atom. The molecule has 0 saturated carbocycles. The van der Waals surface area contributed by atoms with Crippen molar-refractivity contribution in [1.29, 1.82) is 0 Å². The van der Waals surface area contributed by atoms with Crippen LogP contribution in [0.2, 0.25) is 0 Å². The zero-order valence-corrected chi connectivity index (χ0v) is 27.7. The largest absolute Gasteiger partial charge is 1.00 e. The first-order chi connectivity index (χ1) is 16.9. The smallest absolute Gasteiger partial charge is 0.328 e. The van der Waals surface area contributed by atoms with Crippen LogP contribution in [0.15, 0.2) is 0 Å². The predicted molar refractivity (Wildman–Crippen MR) is 149 cm³/mol. The van der Waals surface area contributed by atoms with Crippen molar-refractivity contribution in [3.63, 3.8) is 0 Å². The number of rotatable bonds is 24. The second kappa shape index (κ2) is 28.9. The van der Waals surface area contributed by atoms with E-state index in [0.717, 1.165) is 57.8 Å². The van der Waals surface area contributed by atoms with E-state index in [9.17, 15) is 14.4 Å². The molecule has 6 heteroatoms. The molecule has 3 amide bonds. The SMILES string of the molecule is CCCCCCCCCC(=O)[N+](C)(C(=O)CCCCCCCCC)C(=O)CCCCCCCCC.[Cl-].[Mo]. The molecule has 0 aliphatic carbocycles. The molecular formula is C31H60ClMoNO3. The van der Waals surface area contributed by atoms with Crippen LogP contribution in [0.3, 0.4) is 0 Å². The molecule has 0 radical (unpaired) electrons. The fourth-order valence-electron chi connectivity index (χ4n) is 4.79. The average molecular weight is 626 g/mol. The number of carbonyl (C=O) groups excluding carboxylic acids is 3. The second-order valence-corrected chi connectivity index (χ2v) is 10.8. The first-order valence-electron chi connectivity index (χ1n) is 15.4. The zero-order chi connectivity index (χ0) is 26.2. The van der Waals surface area contributed by atoms with Gasteiger partial charge in [-0.3, -0.25) is 0 Å². The Morgan fingerprint density at radius 1 is 0.405 bits per heavy atom. The summed E-state index contributed by atoms with van der Waals surface area (Å²) in [6.07, 6.45) is 24.7. The quantitative estimate of drug-likeness (QED) is 0.0705. The van der Waals surface area contributed by atoms with Crippen molar-refractivity contribution in [2.24, 2.45) is 0 Å². The van der Waals surface area contributed by atoms with Crippen molar-refractivity contribution in [3.05, 3.63) is 0 Å². The summed E-state index contributed by atoms with van der Waals surface area (Å²) >= 11 is 0. The zero-order valence-electron chi connectivity index (χ0n) is 24.9. The van der Waals surface area contributed by atoms with Gasteiger partial charge in [0.15, 0.2) is 0 Å². The standard InChI is InChI=1S/C31H60NO3.ClH.Mo/c1-5-8-11-14-17-20-23-26-29(33)32(4,30(34)27-24-21-18-15-12-9-6-2)31(35)28-25-22-19-16-13-10-7-3;;/h5-28H2,1-4H3;1H;/q+1;;/p-1. The molecule has 0 N–H and O–H groups in total. The van der Waals surface area contributed by atoms with Gasteiger partial charge in [-0.05, 0) is 19.3 Å². The van der Waals surface area contributed by atoms with E-state index in [1.165, 1.54) is 77.0 Å². The van der Waals surface area contributed by atoms with Gasteiger partial charge in [-0.25, -0.2) is 14.4 Å². The van der Waals surface area contributed by atoms with Gasteiger partial charge in [0.1, 0.15) is 0 Å². The molecule has 37 heavy (non-hydrogen) atoms. The number of amides is 3. The Kier molecular flexibility index (Phi) is 32.4. The number of hydrogen-bond donors (Lipinski definition) is 0. The summed E-state index contributed by atoms with van der Waals surface area (Å²) in [5.41, 5.74) is 0. The minimum absolute atomic E-state index is 0. The topological polar surface area (TPSA) is 51.2 Å². The maximum Gasteiger partial charge on any atom is 0.328 e. The molecule has 0 spiro atoms. The van der Waals surface area contributed by atoms with Crippen LogP contribution in [-0.2, 0) is 35.4 Å². The van der Waals surface area contributed by atoms with Crippen molar-refractivity contribution in [3.8, 4) is 0 Å². The molecule has 0 aromatic rings. The summed E-state index contributed by atoms with van der Waals surface area (Å²) in [5, 5.41) is 0. The van der Waals surface area contributed by atoms with Gasteiger partial charge in [-0.15, -0.1) is 4.48 Å². The van der Waals surface area contributed by atoms with Crippen LogP contribution in [0.25, 0.3) is 0 Å². The molecule has 0 bridgehead atoms. The molecule has 0 fully saturated rings. The maximum absolute atomic E-state index is 13.2. The Morgan fingerprint density at radius 2 is 0.595 bits per heavy atom. The molecule has 4 nitrogen and oxygen atoms in total. The molecule has 0 atom stereocenters. The van der Waals surface area contributed by atoms with Crippen LogP contribution in [0.1, 0.15) is 175 Å². The van der Waals surface area contributed by atoms with E-state index in [2.05, 4.69) is 20.8 Å². The van der Waals surface area contributed by atoms with Crippen LogP contribution in [-0.4, -0.2) is 29.3 Å². The van der Waals surface area contributed by atoms with Gasteiger partial charge in [-0.1, -0.05) is 136 Å². The molecule has 0 unspecified atom stereocenters. The van der Waals surface area contributed by atoms with Gasteiger partial charge >= 0.3 is 17.7 Å². The molecule has 0 aromatic carbocycles. The van der Waals surface area contributed by atoms with Gasteiger partial charge in [0.05, 0.1) is 26.3 Å². The van der Waals surface area contributed by atoms with E-state index in [-0.39, 0.29) is 51.2 Å². The molecule has 0 heterocycles. The van der Waals surface area contributed by atoms with Gasteiger partial charge < -0.3 is 12.4 Å². The van der Waals surface area contributed by atoms with Crippen LogP contribution in [0, 0.1) is 0 Å². The monoisotopic (exact) mass is 627 g/mol. The van der Waals surface area contributed by atoms with E-state index in [0.29, 0.717) is 19.3 Å². The third-order valence-corrected chi connectivity index (χ3v) is 7.48. The number of hydrogen-bond acceptors (Lipinski definition) is 3. The Labute approximate surface area is 251 Å². The summed E-state index contributed by atoms with van der Waals surface area (Å²) in [5.74, 6) is -0.543. The fourth-order valence-corrected chi connectivity index (χ4v) is 4.79. The Hall–Kier alpha value is -0.0517. The van der Waals surface area contributed by atoms with Crippen LogP contribution in [0.5, 0.6) is 0 Å². The van der Waals surface area contributed by atoms with Crippen molar-refractivity contribution in [2.75, 3.05) is 7.05 Å². The number of quaternary nitrogens is 1. The van der Waals surface area contributed by atoms with Gasteiger partial charge in [0.2, 0.25) is 0 Å². The number of imide groups is 3. The van der Waals surface area contributed by atoms with Crippen LogP contribution in [0.4, 0.5) is 0 Å². The van der Waals surface area contributed by atoms with E-state index >= 15 is 0 Å². The molecular weight excluding hydrogens is 566 g/mol. The molecule has 220 valence electrons. The summed E-state index contributed by atoms with van der Waals surface area (Å²) in [6, 6.07) is 0. The van der Waals surface area contributed by atoms with Crippen molar-refractivity contribution < 1.29 is 52.3 Å². The number of carbonyl (C=O) groups is 3. The van der Waals surface area contributed by atoms with E-state index in [1.807, 2.05) is 0 Å². The summed E-state index contributed by atoms with van der Waals surface area (Å²) < 4.78 is -0.596. The van der Waals surface area contributed by atoms with Crippen LogP contribution < -0.4 is 12.4 Å². The Balaban J connectivity index is -0.00000578. The summed E-state index contributed by atoms with van der Waals surface area (Å²) in [7, 11) is 1.59. The number of halogens is 1. The molecule has 0 aliphatic heterocycles. The summed E-state index contributed by atoms with van der Waals surface area (Å²) in [6.45, 7) is 6.64. The summed E-state index contributed by atoms with van der Waals surface area (Å²) in [4.78, 5) is 39.7. The number of unbranched alkanes of at least 4 members (excludes halogenated alkanes) is 18. The first kappa shape index (κ1) is 41.4. The predicted octanol–water partition coefficient (Wildman–Crippen LogP) is 6.44. The third-order valence-electron chi connectivity index (χ3n) is 7.48. The third kappa shape index (κ3) is 20.5. The fraction of sp³-hybridized carbons (Fsp3) is 0.903. The van der Waals surface area contributed by atoms with Gasteiger partial charge in [0, 0.05) is 21.1 Å². The second-order valence-electron chi connectivity index (χ2n) is 10.8. The van der Waals surface area contributed by atoms with Gasteiger partial charge in [0.25, 0.3) is 0 Å². The molecule has 0 aliphatic rings. The molecule has 0 rings (SSSR count). The van der Waals surface area contributed by atoms with E-state index in [4.69, 9.17) is 0 Å². The van der Waals surface area contributed by atoms with Gasteiger partial charge in [-0.2, -0.15) is 0 Å².